The monoisotopic (exact) mass is 442 g/mol. The van der Waals surface area contributed by atoms with Gasteiger partial charge in [-0.05, 0) is 75.9 Å². The minimum absolute atomic E-state index is 0.0147. The van der Waals surface area contributed by atoms with Crippen molar-refractivity contribution in [3.05, 3.63) is 86.5 Å². The zero-order valence-corrected chi connectivity index (χ0v) is 17.1. The van der Waals surface area contributed by atoms with Gasteiger partial charge >= 0.3 is 0 Å². The Morgan fingerprint density at radius 3 is 2.41 bits per heavy atom. The molecule has 0 radical (unpaired) electrons. The van der Waals surface area contributed by atoms with Gasteiger partial charge in [0.1, 0.15) is 0 Å². The highest BCUT2D eigenvalue weighted by atomic mass is 79.9. The van der Waals surface area contributed by atoms with E-state index in [0.29, 0.717) is 21.3 Å². The number of amides is 2. The lowest BCUT2D eigenvalue weighted by molar-refractivity contribution is 0.0941. The van der Waals surface area contributed by atoms with Gasteiger partial charge < -0.3 is 10.6 Å². The summed E-state index contributed by atoms with van der Waals surface area (Å²) in [6.45, 7) is 1.97. The third kappa shape index (κ3) is 5.05. The zero-order chi connectivity index (χ0) is 19.2. The van der Waals surface area contributed by atoms with Gasteiger partial charge in [-0.3, -0.25) is 9.59 Å². The molecule has 2 amide bonds. The Morgan fingerprint density at radius 2 is 1.70 bits per heavy atom. The minimum Gasteiger partial charge on any atom is -0.349 e. The van der Waals surface area contributed by atoms with E-state index in [4.69, 9.17) is 0 Å². The number of hydrogen-bond donors (Lipinski definition) is 2. The Balaban J connectivity index is 1.72. The molecule has 0 spiro atoms. The molecule has 0 fully saturated rings. The predicted octanol–water partition coefficient (Wildman–Crippen LogP) is 5.12. The van der Waals surface area contributed by atoms with E-state index in [9.17, 15) is 9.59 Å². The molecule has 0 aliphatic carbocycles. The normalized spacial score (nSPS) is 11.6. The van der Waals surface area contributed by atoms with Crippen molar-refractivity contribution >= 4 is 44.8 Å². The summed E-state index contributed by atoms with van der Waals surface area (Å²) in [5, 5.41) is 9.95. The van der Waals surface area contributed by atoms with Crippen LogP contribution in [0.4, 0.5) is 5.69 Å². The molecule has 0 bridgehead atoms. The van der Waals surface area contributed by atoms with Crippen LogP contribution >= 0.6 is 27.3 Å². The lowest BCUT2D eigenvalue weighted by atomic mass is 10.1. The van der Waals surface area contributed by atoms with Crippen LogP contribution in [0, 0.1) is 0 Å². The van der Waals surface area contributed by atoms with Crippen molar-refractivity contribution in [1.29, 1.82) is 0 Å². The molecule has 3 aromatic rings. The number of rotatable bonds is 6. The zero-order valence-electron chi connectivity index (χ0n) is 14.7. The maximum Gasteiger partial charge on any atom is 0.256 e. The first-order valence-electron chi connectivity index (χ1n) is 8.51. The summed E-state index contributed by atoms with van der Waals surface area (Å²) in [7, 11) is 0. The molecule has 3 rings (SSSR count). The van der Waals surface area contributed by atoms with Crippen LogP contribution in [0.2, 0.25) is 0 Å². The van der Waals surface area contributed by atoms with E-state index in [1.807, 2.05) is 18.4 Å². The molecular formula is C21H19BrN2O2S. The Bertz CT molecular complexity index is 941. The summed E-state index contributed by atoms with van der Waals surface area (Å²) in [6.07, 6.45) is 0.765. The smallest absolute Gasteiger partial charge is 0.256 e. The third-order valence-electron chi connectivity index (χ3n) is 4.04. The number of benzene rings is 2. The van der Waals surface area contributed by atoms with E-state index in [1.165, 1.54) is 5.56 Å². The number of hydrogen-bond acceptors (Lipinski definition) is 3. The fourth-order valence-electron chi connectivity index (χ4n) is 2.74. The highest BCUT2D eigenvalue weighted by Gasteiger charge is 2.17. The molecule has 138 valence electrons. The average Bonchev–Trinajstić information content (AvgIpc) is 3.15. The fraction of sp³-hybridized carbons (Fsp3) is 0.143. The Morgan fingerprint density at radius 1 is 1.00 bits per heavy atom. The number of para-hydroxylation sites is 1. The second-order valence-corrected chi connectivity index (χ2v) is 7.82. The third-order valence-corrected chi connectivity index (χ3v) is 5.46. The Labute approximate surface area is 170 Å². The molecule has 4 nitrogen and oxygen atoms in total. The van der Waals surface area contributed by atoms with Crippen LogP contribution in [0.1, 0.15) is 33.2 Å². The molecule has 6 heteroatoms. The van der Waals surface area contributed by atoms with Crippen LogP contribution in [-0.2, 0) is 6.42 Å². The van der Waals surface area contributed by atoms with E-state index in [2.05, 4.69) is 38.0 Å². The molecule has 1 unspecified atom stereocenters. The molecule has 2 N–H and O–H groups in total. The van der Waals surface area contributed by atoms with E-state index in [0.717, 1.165) is 6.42 Å². The number of anilines is 1. The van der Waals surface area contributed by atoms with Crippen molar-refractivity contribution in [1.82, 2.24) is 5.32 Å². The standard InChI is InChI=1S/C21H19BrN2O2S/c1-14(12-15-10-11-27-13-15)23-21(26)17-7-3-5-9-19(17)24-20(25)16-6-2-4-8-18(16)22/h2-11,13-14H,12H2,1H3,(H,23,26)(H,24,25). The highest BCUT2D eigenvalue weighted by molar-refractivity contribution is 9.10. The summed E-state index contributed by atoms with van der Waals surface area (Å²) in [5.74, 6) is -0.477. The number of thiophene rings is 1. The Hall–Kier alpha value is -2.44. The van der Waals surface area contributed by atoms with E-state index >= 15 is 0 Å². The predicted molar refractivity (Wildman–Crippen MR) is 113 cm³/mol. The van der Waals surface area contributed by atoms with Crippen LogP contribution in [0.5, 0.6) is 0 Å². The van der Waals surface area contributed by atoms with Crippen LogP contribution in [0.15, 0.2) is 69.8 Å². The van der Waals surface area contributed by atoms with Crippen LogP contribution in [-0.4, -0.2) is 17.9 Å². The van der Waals surface area contributed by atoms with Gasteiger partial charge in [0, 0.05) is 10.5 Å². The van der Waals surface area contributed by atoms with Crippen molar-refractivity contribution < 1.29 is 9.59 Å². The maximum atomic E-state index is 12.7. The van der Waals surface area contributed by atoms with Crippen molar-refractivity contribution in [3.8, 4) is 0 Å². The van der Waals surface area contributed by atoms with E-state index < -0.39 is 0 Å². The van der Waals surface area contributed by atoms with Crippen LogP contribution in [0.3, 0.4) is 0 Å². The lowest BCUT2D eigenvalue weighted by Gasteiger charge is -2.16. The number of halogens is 1. The molecule has 1 heterocycles. The highest BCUT2D eigenvalue weighted by Crippen LogP contribution is 2.20. The molecular weight excluding hydrogens is 424 g/mol. The first-order chi connectivity index (χ1) is 13.0. The summed E-state index contributed by atoms with van der Waals surface area (Å²) in [5.41, 5.74) is 2.63. The van der Waals surface area contributed by atoms with Crippen LogP contribution in [0.25, 0.3) is 0 Å². The summed E-state index contributed by atoms with van der Waals surface area (Å²) < 4.78 is 0.703. The molecule has 0 aliphatic heterocycles. The second kappa shape index (κ2) is 8.97. The van der Waals surface area contributed by atoms with Gasteiger partial charge in [0.2, 0.25) is 0 Å². The van der Waals surface area contributed by atoms with Crippen molar-refractivity contribution in [2.24, 2.45) is 0 Å². The maximum absolute atomic E-state index is 12.7. The van der Waals surface area contributed by atoms with E-state index in [-0.39, 0.29) is 17.9 Å². The van der Waals surface area contributed by atoms with Gasteiger partial charge in [-0.15, -0.1) is 0 Å². The average molecular weight is 443 g/mol. The number of carbonyl (C=O) groups excluding carboxylic acids is 2. The van der Waals surface area contributed by atoms with Gasteiger partial charge in [-0.1, -0.05) is 24.3 Å². The molecule has 2 aromatic carbocycles. The molecule has 0 saturated carbocycles. The topological polar surface area (TPSA) is 58.2 Å². The number of nitrogens with one attached hydrogen (secondary N) is 2. The molecule has 0 saturated heterocycles. The van der Waals surface area contributed by atoms with Crippen LogP contribution < -0.4 is 10.6 Å². The first-order valence-corrected chi connectivity index (χ1v) is 10.2. The molecule has 1 aromatic heterocycles. The lowest BCUT2D eigenvalue weighted by Crippen LogP contribution is -2.34. The van der Waals surface area contributed by atoms with Gasteiger partial charge in [-0.2, -0.15) is 11.3 Å². The summed E-state index contributed by atoms with van der Waals surface area (Å²) in [6, 6.07) is 16.2. The second-order valence-electron chi connectivity index (χ2n) is 6.19. The molecule has 27 heavy (non-hydrogen) atoms. The van der Waals surface area contributed by atoms with Crippen molar-refractivity contribution in [2.75, 3.05) is 5.32 Å². The number of carbonyl (C=O) groups is 2. The van der Waals surface area contributed by atoms with Gasteiger partial charge in [0.15, 0.2) is 0 Å². The largest absolute Gasteiger partial charge is 0.349 e. The van der Waals surface area contributed by atoms with Gasteiger partial charge in [0.05, 0.1) is 16.8 Å². The van der Waals surface area contributed by atoms with Gasteiger partial charge in [-0.25, -0.2) is 0 Å². The molecule has 0 aliphatic rings. The van der Waals surface area contributed by atoms with Crippen molar-refractivity contribution in [3.63, 3.8) is 0 Å². The van der Waals surface area contributed by atoms with Crippen molar-refractivity contribution in [2.45, 2.75) is 19.4 Å². The minimum atomic E-state index is -0.269. The summed E-state index contributed by atoms with van der Waals surface area (Å²) in [4.78, 5) is 25.3. The SMILES string of the molecule is CC(Cc1ccsc1)NC(=O)c1ccccc1NC(=O)c1ccccc1Br. The summed E-state index contributed by atoms with van der Waals surface area (Å²) >= 11 is 5.02. The van der Waals surface area contributed by atoms with E-state index in [1.54, 1.807) is 53.8 Å². The Kier molecular flexibility index (Phi) is 6.42. The van der Waals surface area contributed by atoms with Gasteiger partial charge in [0.25, 0.3) is 11.8 Å². The quantitative estimate of drug-likeness (QED) is 0.556. The molecule has 1 atom stereocenters. The fourth-order valence-corrected chi connectivity index (χ4v) is 3.89. The first kappa shape index (κ1) is 19.3.